The van der Waals surface area contributed by atoms with Crippen LogP contribution in [-0.4, -0.2) is 43.3 Å². The van der Waals surface area contributed by atoms with E-state index in [1.807, 2.05) is 12.3 Å². The van der Waals surface area contributed by atoms with Crippen LogP contribution in [0.4, 0.5) is 15.9 Å². The van der Waals surface area contributed by atoms with Gasteiger partial charge in [-0.3, -0.25) is 0 Å². The Morgan fingerprint density at radius 2 is 1.83 bits per heavy atom. The lowest BCUT2D eigenvalue weighted by Crippen LogP contribution is -2.47. The number of halogens is 1. The Balaban J connectivity index is 1.46. The molecule has 1 aliphatic heterocycles. The molecule has 2 aromatic rings. The second-order valence-electron chi connectivity index (χ2n) is 6.34. The average Bonchev–Trinajstić information content (AvgIpc) is 3.47. The molecule has 0 N–H and O–H groups in total. The van der Waals surface area contributed by atoms with Crippen LogP contribution in [0.2, 0.25) is 0 Å². The van der Waals surface area contributed by atoms with Crippen molar-refractivity contribution in [3.63, 3.8) is 0 Å². The molecule has 1 saturated heterocycles. The zero-order chi connectivity index (χ0) is 16.5. The summed E-state index contributed by atoms with van der Waals surface area (Å²) in [6.07, 6.45) is 4.29. The maximum Gasteiger partial charge on any atom is 0.145 e. The van der Waals surface area contributed by atoms with Gasteiger partial charge in [0.2, 0.25) is 0 Å². The minimum Gasteiger partial charge on any atom is -0.494 e. The normalized spacial score (nSPS) is 17.9. The third kappa shape index (κ3) is 3.00. The second kappa shape index (κ2) is 6.26. The molecule has 0 amide bonds. The molecule has 0 bridgehead atoms. The molecule has 1 aromatic heterocycles. The summed E-state index contributed by atoms with van der Waals surface area (Å²) in [5.74, 6) is 2.87. The van der Waals surface area contributed by atoms with Crippen LogP contribution in [0.15, 0.2) is 30.5 Å². The fourth-order valence-corrected chi connectivity index (χ4v) is 3.17. The van der Waals surface area contributed by atoms with E-state index in [9.17, 15) is 4.39 Å². The molecular formula is C18H21FN4O. The van der Waals surface area contributed by atoms with Crippen LogP contribution in [0.1, 0.15) is 24.6 Å². The summed E-state index contributed by atoms with van der Waals surface area (Å²) in [6, 6.07) is 6.70. The molecule has 2 aliphatic rings. The minimum atomic E-state index is -0.275. The van der Waals surface area contributed by atoms with Crippen molar-refractivity contribution in [2.24, 2.45) is 0 Å². The Bertz CT molecular complexity index is 727. The second-order valence-corrected chi connectivity index (χ2v) is 6.34. The largest absolute Gasteiger partial charge is 0.494 e. The van der Waals surface area contributed by atoms with Crippen molar-refractivity contribution in [2.45, 2.75) is 18.8 Å². The lowest BCUT2D eigenvalue weighted by atomic mass is 10.2. The van der Waals surface area contributed by atoms with Gasteiger partial charge in [0.15, 0.2) is 0 Å². The van der Waals surface area contributed by atoms with E-state index in [0.717, 1.165) is 43.5 Å². The van der Waals surface area contributed by atoms with Crippen LogP contribution < -0.4 is 14.5 Å². The van der Waals surface area contributed by atoms with Crippen LogP contribution in [0.3, 0.4) is 0 Å². The lowest BCUT2D eigenvalue weighted by Gasteiger charge is -2.37. The number of ether oxygens (including phenoxy) is 1. The molecule has 2 heterocycles. The van der Waals surface area contributed by atoms with Gasteiger partial charge < -0.3 is 14.5 Å². The van der Waals surface area contributed by atoms with Crippen LogP contribution >= 0.6 is 0 Å². The molecule has 0 radical (unpaired) electrons. The summed E-state index contributed by atoms with van der Waals surface area (Å²) in [4.78, 5) is 13.6. The van der Waals surface area contributed by atoms with Crippen molar-refractivity contribution < 1.29 is 9.13 Å². The van der Waals surface area contributed by atoms with E-state index < -0.39 is 0 Å². The monoisotopic (exact) mass is 328 g/mol. The van der Waals surface area contributed by atoms with E-state index in [1.165, 1.54) is 25.0 Å². The number of benzene rings is 1. The molecule has 1 aromatic carbocycles. The number of hydrogen-bond donors (Lipinski definition) is 0. The van der Waals surface area contributed by atoms with Gasteiger partial charge in [-0.1, -0.05) is 0 Å². The third-order valence-electron chi connectivity index (χ3n) is 4.69. The molecule has 0 unspecified atom stereocenters. The third-order valence-corrected chi connectivity index (χ3v) is 4.69. The predicted molar refractivity (Wildman–Crippen MR) is 91.4 cm³/mol. The van der Waals surface area contributed by atoms with Gasteiger partial charge in [0, 0.05) is 44.4 Å². The van der Waals surface area contributed by atoms with Crippen LogP contribution in [0.25, 0.3) is 0 Å². The maximum absolute atomic E-state index is 13.4. The highest BCUT2D eigenvalue weighted by Crippen LogP contribution is 2.38. The van der Waals surface area contributed by atoms with Crippen molar-refractivity contribution in [3.8, 4) is 5.75 Å². The highest BCUT2D eigenvalue weighted by molar-refractivity contribution is 5.59. The van der Waals surface area contributed by atoms with Crippen molar-refractivity contribution in [2.75, 3.05) is 43.1 Å². The molecule has 6 heteroatoms. The summed E-state index contributed by atoms with van der Waals surface area (Å²) in [7, 11) is 1.58. The SMILES string of the molecule is COc1cc(F)ccc1N1CCN(c2ccnc(C3CC3)n2)CC1. The molecule has 0 spiro atoms. The Morgan fingerprint density at radius 1 is 1.08 bits per heavy atom. The highest BCUT2D eigenvalue weighted by atomic mass is 19.1. The smallest absolute Gasteiger partial charge is 0.145 e. The summed E-state index contributed by atoms with van der Waals surface area (Å²) in [6.45, 7) is 3.46. The van der Waals surface area contributed by atoms with Crippen LogP contribution in [-0.2, 0) is 0 Å². The first kappa shape index (κ1) is 15.2. The molecule has 0 atom stereocenters. The zero-order valence-corrected chi connectivity index (χ0v) is 13.8. The zero-order valence-electron chi connectivity index (χ0n) is 13.8. The minimum absolute atomic E-state index is 0.275. The van der Waals surface area contributed by atoms with E-state index in [4.69, 9.17) is 9.72 Å². The first-order valence-electron chi connectivity index (χ1n) is 8.41. The number of piperazine rings is 1. The maximum atomic E-state index is 13.4. The molecule has 1 aliphatic carbocycles. The van der Waals surface area contributed by atoms with Gasteiger partial charge in [-0.05, 0) is 31.0 Å². The van der Waals surface area contributed by atoms with Crippen LogP contribution in [0, 0.1) is 5.82 Å². The van der Waals surface area contributed by atoms with Crippen molar-refractivity contribution in [3.05, 3.63) is 42.1 Å². The van der Waals surface area contributed by atoms with Gasteiger partial charge in [0.25, 0.3) is 0 Å². The number of aromatic nitrogens is 2. The molecule has 126 valence electrons. The van der Waals surface area contributed by atoms with Gasteiger partial charge in [0.05, 0.1) is 12.8 Å². The number of hydrogen-bond acceptors (Lipinski definition) is 5. The van der Waals surface area contributed by atoms with Gasteiger partial charge >= 0.3 is 0 Å². The Labute approximate surface area is 141 Å². The van der Waals surface area contributed by atoms with Crippen LogP contribution in [0.5, 0.6) is 5.75 Å². The predicted octanol–water partition coefficient (Wildman–Crippen LogP) is 2.83. The molecule has 1 saturated carbocycles. The molecule has 24 heavy (non-hydrogen) atoms. The summed E-state index contributed by atoms with van der Waals surface area (Å²) in [5, 5.41) is 0. The standard InChI is InChI=1S/C18H21FN4O/c1-24-16-12-14(19)4-5-15(16)22-8-10-23(11-9-22)17-6-7-20-18(21-17)13-2-3-13/h4-7,12-13H,2-3,8-11H2,1H3. The van der Waals surface area contributed by atoms with E-state index >= 15 is 0 Å². The number of methoxy groups -OCH3 is 1. The fraction of sp³-hybridized carbons (Fsp3) is 0.444. The summed E-state index contributed by atoms with van der Waals surface area (Å²) in [5.41, 5.74) is 0.944. The van der Waals surface area contributed by atoms with Crippen molar-refractivity contribution in [1.29, 1.82) is 0 Å². The van der Waals surface area contributed by atoms with Gasteiger partial charge in [-0.15, -0.1) is 0 Å². The van der Waals surface area contributed by atoms with Gasteiger partial charge in [0.1, 0.15) is 23.2 Å². The molecule has 5 nitrogen and oxygen atoms in total. The Hall–Kier alpha value is -2.37. The van der Waals surface area contributed by atoms with Crippen molar-refractivity contribution in [1.82, 2.24) is 9.97 Å². The lowest BCUT2D eigenvalue weighted by molar-refractivity contribution is 0.410. The van der Waals surface area contributed by atoms with E-state index in [-0.39, 0.29) is 5.82 Å². The number of rotatable bonds is 4. The van der Waals surface area contributed by atoms with Crippen molar-refractivity contribution >= 4 is 11.5 Å². The Kier molecular flexibility index (Phi) is 3.96. The van der Waals surface area contributed by atoms with E-state index in [1.54, 1.807) is 13.2 Å². The van der Waals surface area contributed by atoms with Gasteiger partial charge in [-0.25, -0.2) is 14.4 Å². The van der Waals surface area contributed by atoms with E-state index in [0.29, 0.717) is 11.7 Å². The fourth-order valence-electron chi connectivity index (χ4n) is 3.17. The summed E-state index contributed by atoms with van der Waals surface area (Å²) >= 11 is 0. The Morgan fingerprint density at radius 3 is 2.54 bits per heavy atom. The highest BCUT2D eigenvalue weighted by Gasteiger charge is 2.27. The number of anilines is 2. The van der Waals surface area contributed by atoms with E-state index in [2.05, 4.69) is 14.8 Å². The molecule has 4 rings (SSSR count). The van der Waals surface area contributed by atoms with Gasteiger partial charge in [-0.2, -0.15) is 0 Å². The average molecular weight is 328 g/mol. The topological polar surface area (TPSA) is 41.5 Å². The first-order chi connectivity index (χ1) is 11.7. The number of nitrogens with zero attached hydrogens (tertiary/aromatic N) is 4. The first-order valence-corrected chi connectivity index (χ1v) is 8.41. The summed E-state index contributed by atoms with van der Waals surface area (Å²) < 4.78 is 18.7. The molecular weight excluding hydrogens is 307 g/mol. The quantitative estimate of drug-likeness (QED) is 0.863. The molecule has 2 fully saturated rings.